The third-order valence-electron chi connectivity index (χ3n) is 2.67. The molecule has 2 heterocycles. The number of carbonyl (C=O) groups excluding carboxylic acids is 1. The van der Waals surface area contributed by atoms with Crippen LogP contribution in [0.3, 0.4) is 0 Å². The highest BCUT2D eigenvalue weighted by atomic mass is 16.3. The van der Waals surface area contributed by atoms with Crippen molar-refractivity contribution >= 4 is 5.91 Å². The van der Waals surface area contributed by atoms with Gasteiger partial charge in [-0.1, -0.05) is 6.08 Å². The fourth-order valence-corrected chi connectivity index (χ4v) is 2.09. The van der Waals surface area contributed by atoms with E-state index in [0.29, 0.717) is 0 Å². The molecule has 0 aromatic carbocycles. The van der Waals surface area contributed by atoms with Crippen molar-refractivity contribution in [1.29, 1.82) is 0 Å². The van der Waals surface area contributed by atoms with E-state index in [1.165, 1.54) is 0 Å². The average molecular weight is 167 g/mol. The van der Waals surface area contributed by atoms with Crippen LogP contribution in [-0.4, -0.2) is 27.6 Å². The summed E-state index contributed by atoms with van der Waals surface area (Å²) in [6.45, 7) is 3.40. The van der Waals surface area contributed by atoms with E-state index in [1.807, 2.05) is 12.3 Å². The zero-order chi connectivity index (χ0) is 8.93. The van der Waals surface area contributed by atoms with Crippen LogP contribution in [0.5, 0.6) is 0 Å². The Kier molecular flexibility index (Phi) is 1.37. The number of carbonyl (C=O) groups is 1. The molecule has 12 heavy (non-hydrogen) atoms. The fourth-order valence-electron chi connectivity index (χ4n) is 2.09. The van der Waals surface area contributed by atoms with Gasteiger partial charge in [0, 0.05) is 6.20 Å². The minimum atomic E-state index is -0.871. The van der Waals surface area contributed by atoms with Crippen molar-refractivity contribution in [2.45, 2.75) is 31.9 Å². The first-order valence-corrected chi connectivity index (χ1v) is 4.23. The molecule has 1 N–H and O–H groups in total. The molecule has 0 aromatic rings. The monoisotopic (exact) mass is 167 g/mol. The maximum absolute atomic E-state index is 11.4. The van der Waals surface area contributed by atoms with E-state index < -0.39 is 5.60 Å². The highest BCUT2D eigenvalue weighted by Gasteiger charge is 2.54. The van der Waals surface area contributed by atoms with Gasteiger partial charge in [0.2, 0.25) is 5.91 Å². The van der Waals surface area contributed by atoms with Crippen molar-refractivity contribution in [3.8, 4) is 0 Å². The number of fused-ring (bicyclic) bond motifs is 1. The van der Waals surface area contributed by atoms with Crippen molar-refractivity contribution in [2.24, 2.45) is 5.92 Å². The minimum Gasteiger partial charge on any atom is -0.390 e. The molecule has 0 saturated carbocycles. The van der Waals surface area contributed by atoms with Gasteiger partial charge in [-0.15, -0.1) is 0 Å². The number of hydrogen-bond donors (Lipinski definition) is 1. The van der Waals surface area contributed by atoms with Gasteiger partial charge in [-0.2, -0.15) is 0 Å². The summed E-state index contributed by atoms with van der Waals surface area (Å²) < 4.78 is 0. The van der Waals surface area contributed by atoms with Crippen LogP contribution >= 0.6 is 0 Å². The predicted molar refractivity (Wildman–Crippen MR) is 44.2 cm³/mol. The smallest absolute Gasteiger partial charge is 0.234 e. The molecule has 2 aliphatic heterocycles. The molecular formula is C9H13NO2. The summed E-state index contributed by atoms with van der Waals surface area (Å²) in [5.74, 6) is -0.145. The van der Waals surface area contributed by atoms with Gasteiger partial charge in [-0.05, 0) is 20.3 Å². The summed E-state index contributed by atoms with van der Waals surface area (Å²) in [5.41, 5.74) is -0.871. The second-order valence-corrected chi connectivity index (χ2v) is 4.06. The second-order valence-electron chi connectivity index (χ2n) is 4.06. The summed E-state index contributed by atoms with van der Waals surface area (Å²) in [6, 6.07) is 0.220. The standard InChI is InChI=1S/C9H13NO2/c1-9(2,12)7-6-4-3-5-10(6)8(7)11/h3,5-7,12H,4H2,1-2H3. The molecule has 2 aliphatic rings. The molecule has 0 radical (unpaired) electrons. The van der Waals surface area contributed by atoms with E-state index in [2.05, 4.69) is 0 Å². The lowest BCUT2D eigenvalue weighted by atomic mass is 9.76. The summed E-state index contributed by atoms with van der Waals surface area (Å²) in [7, 11) is 0. The van der Waals surface area contributed by atoms with Crippen LogP contribution < -0.4 is 0 Å². The second kappa shape index (κ2) is 2.10. The maximum Gasteiger partial charge on any atom is 0.234 e. The summed E-state index contributed by atoms with van der Waals surface area (Å²) >= 11 is 0. The first-order valence-electron chi connectivity index (χ1n) is 4.23. The van der Waals surface area contributed by atoms with Gasteiger partial charge in [-0.25, -0.2) is 0 Å². The van der Waals surface area contributed by atoms with Crippen molar-refractivity contribution in [2.75, 3.05) is 0 Å². The Balaban J connectivity index is 2.18. The fraction of sp³-hybridized carbons (Fsp3) is 0.667. The number of β-lactam (4-membered cyclic amide) rings is 1. The Bertz CT molecular complexity index is 252. The quantitative estimate of drug-likeness (QED) is 0.578. The molecule has 3 heteroatoms. The molecule has 66 valence electrons. The topological polar surface area (TPSA) is 40.5 Å². The Labute approximate surface area is 71.7 Å². The van der Waals surface area contributed by atoms with Crippen molar-refractivity contribution < 1.29 is 9.90 Å². The van der Waals surface area contributed by atoms with Crippen molar-refractivity contribution in [3.05, 3.63) is 12.3 Å². The lowest BCUT2D eigenvalue weighted by Crippen LogP contribution is -2.63. The summed E-state index contributed by atoms with van der Waals surface area (Å²) in [6.07, 6.45) is 4.68. The van der Waals surface area contributed by atoms with Gasteiger partial charge in [0.1, 0.15) is 0 Å². The number of hydrogen-bond acceptors (Lipinski definition) is 2. The average Bonchev–Trinajstić information content (AvgIpc) is 2.27. The SMILES string of the molecule is CC(C)(O)C1C(=O)N2C=CCC12. The molecule has 0 aromatic heterocycles. The zero-order valence-corrected chi connectivity index (χ0v) is 7.32. The van der Waals surface area contributed by atoms with Crippen LogP contribution in [-0.2, 0) is 4.79 Å². The lowest BCUT2D eigenvalue weighted by Gasteiger charge is -2.47. The third-order valence-corrected chi connectivity index (χ3v) is 2.67. The van der Waals surface area contributed by atoms with Crippen LogP contribution in [0.25, 0.3) is 0 Å². The molecule has 1 amide bonds. The largest absolute Gasteiger partial charge is 0.390 e. The Morgan fingerprint density at radius 2 is 2.33 bits per heavy atom. The van der Waals surface area contributed by atoms with Gasteiger partial charge in [0.25, 0.3) is 0 Å². The Morgan fingerprint density at radius 3 is 2.92 bits per heavy atom. The first-order chi connectivity index (χ1) is 5.52. The number of amides is 1. The van der Waals surface area contributed by atoms with Crippen molar-refractivity contribution in [3.63, 3.8) is 0 Å². The number of nitrogens with zero attached hydrogens (tertiary/aromatic N) is 1. The zero-order valence-electron chi connectivity index (χ0n) is 7.32. The van der Waals surface area contributed by atoms with Crippen LogP contribution in [0, 0.1) is 5.92 Å². The molecule has 1 saturated heterocycles. The molecule has 2 rings (SSSR count). The first kappa shape index (κ1) is 7.80. The summed E-state index contributed by atoms with van der Waals surface area (Å²) in [4.78, 5) is 13.1. The third kappa shape index (κ3) is 0.829. The van der Waals surface area contributed by atoms with Crippen LogP contribution in [0.15, 0.2) is 12.3 Å². The minimum absolute atomic E-state index is 0.0567. The van der Waals surface area contributed by atoms with Crippen LogP contribution in [0.2, 0.25) is 0 Å². The molecule has 0 spiro atoms. The van der Waals surface area contributed by atoms with Gasteiger partial charge in [-0.3, -0.25) is 4.79 Å². The van der Waals surface area contributed by atoms with E-state index >= 15 is 0 Å². The highest BCUT2D eigenvalue weighted by Crippen LogP contribution is 2.40. The molecular weight excluding hydrogens is 154 g/mol. The van der Waals surface area contributed by atoms with E-state index in [4.69, 9.17) is 0 Å². The predicted octanol–water partition coefficient (Wildman–Crippen LogP) is 0.502. The van der Waals surface area contributed by atoms with Gasteiger partial charge < -0.3 is 10.0 Å². The normalized spacial score (nSPS) is 33.6. The van der Waals surface area contributed by atoms with Gasteiger partial charge in [0.15, 0.2) is 0 Å². The molecule has 0 bridgehead atoms. The number of aliphatic hydroxyl groups is 1. The summed E-state index contributed by atoms with van der Waals surface area (Å²) in [5, 5.41) is 9.68. The number of rotatable bonds is 1. The van der Waals surface area contributed by atoms with E-state index in [1.54, 1.807) is 18.7 Å². The van der Waals surface area contributed by atoms with Gasteiger partial charge in [0.05, 0.1) is 17.6 Å². The van der Waals surface area contributed by atoms with Gasteiger partial charge >= 0.3 is 0 Å². The van der Waals surface area contributed by atoms with E-state index in [-0.39, 0.29) is 17.9 Å². The Hall–Kier alpha value is -0.830. The molecule has 2 atom stereocenters. The molecule has 2 unspecified atom stereocenters. The Morgan fingerprint density at radius 1 is 1.67 bits per heavy atom. The lowest BCUT2D eigenvalue weighted by molar-refractivity contribution is -0.164. The van der Waals surface area contributed by atoms with E-state index in [0.717, 1.165) is 6.42 Å². The molecule has 0 aliphatic carbocycles. The molecule has 1 fully saturated rings. The van der Waals surface area contributed by atoms with Crippen molar-refractivity contribution in [1.82, 2.24) is 4.90 Å². The van der Waals surface area contributed by atoms with E-state index in [9.17, 15) is 9.90 Å². The maximum atomic E-state index is 11.4. The van der Waals surface area contributed by atoms with Crippen LogP contribution in [0.1, 0.15) is 20.3 Å². The highest BCUT2D eigenvalue weighted by molar-refractivity contribution is 5.88. The molecule has 3 nitrogen and oxygen atoms in total. The van der Waals surface area contributed by atoms with Crippen LogP contribution in [0.4, 0.5) is 0 Å².